The summed E-state index contributed by atoms with van der Waals surface area (Å²) in [4.78, 5) is 13.9. The van der Waals surface area contributed by atoms with Crippen molar-refractivity contribution in [3.05, 3.63) is 35.4 Å². The topological polar surface area (TPSA) is 44.1 Å². The molecule has 1 atom stereocenters. The van der Waals surface area contributed by atoms with Crippen LogP contribution in [0, 0.1) is 24.2 Å². The number of amides is 1. The van der Waals surface area contributed by atoms with Crippen molar-refractivity contribution in [2.45, 2.75) is 33.2 Å². The first kappa shape index (κ1) is 14.2. The van der Waals surface area contributed by atoms with Gasteiger partial charge in [0.1, 0.15) is 6.04 Å². The number of benzene rings is 1. The quantitative estimate of drug-likeness (QED) is 0.817. The van der Waals surface area contributed by atoms with E-state index in [1.807, 2.05) is 25.1 Å². The number of aryl methyl sites for hydroxylation is 1. The molecule has 3 nitrogen and oxygen atoms in total. The molecule has 0 bridgehead atoms. The second-order valence-corrected chi connectivity index (χ2v) is 5.01. The van der Waals surface area contributed by atoms with Gasteiger partial charge in [-0.25, -0.2) is 0 Å². The summed E-state index contributed by atoms with van der Waals surface area (Å²) in [7, 11) is 1.70. The van der Waals surface area contributed by atoms with Gasteiger partial charge in [-0.2, -0.15) is 5.26 Å². The van der Waals surface area contributed by atoms with Crippen LogP contribution in [0.25, 0.3) is 0 Å². The van der Waals surface area contributed by atoms with Crippen LogP contribution < -0.4 is 0 Å². The number of carbonyl (C=O) groups is 1. The van der Waals surface area contributed by atoms with Crippen molar-refractivity contribution in [3.63, 3.8) is 0 Å². The highest BCUT2D eigenvalue weighted by Crippen LogP contribution is 2.15. The first-order valence-electron chi connectivity index (χ1n) is 6.19. The van der Waals surface area contributed by atoms with Crippen LogP contribution in [-0.2, 0) is 0 Å². The minimum atomic E-state index is -0.364. The molecule has 0 radical (unpaired) electrons. The van der Waals surface area contributed by atoms with E-state index in [0.29, 0.717) is 17.9 Å². The number of carbonyl (C=O) groups excluding carboxylic acids is 1. The van der Waals surface area contributed by atoms with Gasteiger partial charge in [0.15, 0.2) is 0 Å². The third-order valence-electron chi connectivity index (χ3n) is 3.01. The van der Waals surface area contributed by atoms with E-state index in [1.165, 1.54) is 0 Å². The molecule has 1 aromatic rings. The molecule has 1 rings (SSSR count). The predicted octanol–water partition coefficient (Wildman–Crippen LogP) is 3.01. The minimum absolute atomic E-state index is 0.0831. The Kier molecular flexibility index (Phi) is 4.91. The maximum absolute atomic E-state index is 12.3. The third kappa shape index (κ3) is 3.33. The standard InChI is InChI=1S/C15H20N2O/c1-11(2)9-13(10-16)17(4)15(18)14-8-6-5-7-12(14)3/h5-8,11,13H,9H2,1-4H3. The number of hydrogen-bond acceptors (Lipinski definition) is 2. The molecule has 1 unspecified atom stereocenters. The van der Waals surface area contributed by atoms with Crippen molar-refractivity contribution in [3.8, 4) is 6.07 Å². The normalized spacial score (nSPS) is 12.0. The summed E-state index contributed by atoms with van der Waals surface area (Å²) in [6, 6.07) is 9.31. The van der Waals surface area contributed by atoms with E-state index in [9.17, 15) is 4.79 Å². The lowest BCUT2D eigenvalue weighted by Crippen LogP contribution is -2.37. The Labute approximate surface area is 109 Å². The van der Waals surface area contributed by atoms with E-state index in [-0.39, 0.29) is 11.9 Å². The third-order valence-corrected chi connectivity index (χ3v) is 3.01. The molecule has 0 aromatic heterocycles. The predicted molar refractivity (Wildman–Crippen MR) is 72.1 cm³/mol. The Morgan fingerprint density at radius 3 is 2.50 bits per heavy atom. The summed E-state index contributed by atoms with van der Waals surface area (Å²) in [5.74, 6) is 0.307. The zero-order valence-corrected chi connectivity index (χ0v) is 11.5. The number of rotatable bonds is 4. The molecule has 0 heterocycles. The summed E-state index contributed by atoms with van der Waals surface area (Å²) in [6.45, 7) is 6.01. The Balaban J connectivity index is 2.90. The van der Waals surface area contributed by atoms with E-state index in [0.717, 1.165) is 5.56 Å². The molecule has 3 heteroatoms. The highest BCUT2D eigenvalue weighted by molar-refractivity contribution is 5.95. The lowest BCUT2D eigenvalue weighted by Gasteiger charge is -2.24. The average molecular weight is 244 g/mol. The molecular formula is C15H20N2O. The van der Waals surface area contributed by atoms with Crippen molar-refractivity contribution in [2.75, 3.05) is 7.05 Å². The fraction of sp³-hybridized carbons (Fsp3) is 0.467. The first-order chi connectivity index (χ1) is 8.47. The van der Waals surface area contributed by atoms with Gasteiger partial charge >= 0.3 is 0 Å². The summed E-state index contributed by atoms with van der Waals surface area (Å²) in [5, 5.41) is 9.17. The van der Waals surface area contributed by atoms with Gasteiger partial charge in [-0.15, -0.1) is 0 Å². The molecule has 0 saturated heterocycles. The van der Waals surface area contributed by atoms with Gasteiger partial charge in [0, 0.05) is 12.6 Å². The van der Waals surface area contributed by atoms with Crippen LogP contribution in [0.4, 0.5) is 0 Å². The van der Waals surface area contributed by atoms with E-state index in [2.05, 4.69) is 19.9 Å². The van der Waals surface area contributed by atoms with Crippen LogP contribution in [0.15, 0.2) is 24.3 Å². The molecular weight excluding hydrogens is 224 g/mol. The monoisotopic (exact) mass is 244 g/mol. The Hall–Kier alpha value is -1.82. The van der Waals surface area contributed by atoms with E-state index in [1.54, 1.807) is 18.0 Å². The Morgan fingerprint density at radius 2 is 2.00 bits per heavy atom. The van der Waals surface area contributed by atoms with Crippen LogP contribution in [-0.4, -0.2) is 23.9 Å². The van der Waals surface area contributed by atoms with Gasteiger partial charge < -0.3 is 4.90 Å². The van der Waals surface area contributed by atoms with Crippen LogP contribution in [0.2, 0.25) is 0 Å². The number of nitriles is 1. The van der Waals surface area contributed by atoms with E-state index >= 15 is 0 Å². The largest absolute Gasteiger partial charge is 0.326 e. The fourth-order valence-electron chi connectivity index (χ4n) is 1.89. The Morgan fingerprint density at radius 1 is 1.39 bits per heavy atom. The molecule has 0 fully saturated rings. The second-order valence-electron chi connectivity index (χ2n) is 5.01. The van der Waals surface area contributed by atoms with Crippen LogP contribution >= 0.6 is 0 Å². The molecule has 0 aliphatic heterocycles. The van der Waals surface area contributed by atoms with Crippen molar-refractivity contribution < 1.29 is 4.79 Å². The highest BCUT2D eigenvalue weighted by Gasteiger charge is 2.22. The molecule has 1 amide bonds. The van der Waals surface area contributed by atoms with Crippen LogP contribution in [0.3, 0.4) is 0 Å². The molecule has 0 spiro atoms. The SMILES string of the molecule is Cc1ccccc1C(=O)N(C)C(C#N)CC(C)C. The minimum Gasteiger partial charge on any atom is -0.326 e. The fourth-order valence-corrected chi connectivity index (χ4v) is 1.89. The number of nitrogens with zero attached hydrogens (tertiary/aromatic N) is 2. The molecule has 1 aromatic carbocycles. The van der Waals surface area contributed by atoms with Crippen molar-refractivity contribution in [1.29, 1.82) is 5.26 Å². The van der Waals surface area contributed by atoms with Gasteiger partial charge in [0.2, 0.25) is 0 Å². The maximum Gasteiger partial charge on any atom is 0.254 e. The first-order valence-corrected chi connectivity index (χ1v) is 6.19. The van der Waals surface area contributed by atoms with Crippen molar-refractivity contribution in [2.24, 2.45) is 5.92 Å². The van der Waals surface area contributed by atoms with Gasteiger partial charge in [-0.05, 0) is 30.9 Å². The molecule has 0 aliphatic rings. The molecule has 96 valence electrons. The van der Waals surface area contributed by atoms with Gasteiger partial charge in [-0.3, -0.25) is 4.79 Å². The second kappa shape index (κ2) is 6.20. The summed E-state index contributed by atoms with van der Waals surface area (Å²) in [6.07, 6.45) is 0.699. The maximum atomic E-state index is 12.3. The molecule has 0 aliphatic carbocycles. The van der Waals surface area contributed by atoms with Gasteiger partial charge in [-0.1, -0.05) is 32.0 Å². The zero-order valence-electron chi connectivity index (χ0n) is 11.5. The summed E-state index contributed by atoms with van der Waals surface area (Å²) < 4.78 is 0. The lowest BCUT2D eigenvalue weighted by atomic mass is 10.0. The van der Waals surface area contributed by atoms with Crippen molar-refractivity contribution >= 4 is 5.91 Å². The highest BCUT2D eigenvalue weighted by atomic mass is 16.2. The molecule has 18 heavy (non-hydrogen) atoms. The number of hydrogen-bond donors (Lipinski definition) is 0. The lowest BCUT2D eigenvalue weighted by molar-refractivity contribution is 0.0751. The van der Waals surface area contributed by atoms with Gasteiger partial charge in [0.05, 0.1) is 6.07 Å². The van der Waals surface area contributed by atoms with E-state index < -0.39 is 0 Å². The Bertz CT molecular complexity index is 460. The molecule has 0 saturated carbocycles. The van der Waals surface area contributed by atoms with Crippen LogP contribution in [0.1, 0.15) is 36.2 Å². The smallest absolute Gasteiger partial charge is 0.254 e. The van der Waals surface area contributed by atoms with Crippen LogP contribution in [0.5, 0.6) is 0 Å². The molecule has 0 N–H and O–H groups in total. The van der Waals surface area contributed by atoms with Gasteiger partial charge in [0.25, 0.3) is 5.91 Å². The van der Waals surface area contributed by atoms with E-state index in [4.69, 9.17) is 5.26 Å². The average Bonchev–Trinajstić information content (AvgIpc) is 2.34. The zero-order chi connectivity index (χ0) is 13.7. The summed E-state index contributed by atoms with van der Waals surface area (Å²) >= 11 is 0. The van der Waals surface area contributed by atoms with Crippen molar-refractivity contribution in [1.82, 2.24) is 4.90 Å². The summed E-state index contributed by atoms with van der Waals surface area (Å²) in [5.41, 5.74) is 1.61.